The second kappa shape index (κ2) is 20.9. The molecule has 0 unspecified atom stereocenters. The summed E-state index contributed by atoms with van der Waals surface area (Å²) in [5, 5.41) is 0. The Bertz CT molecular complexity index is 2550. The molecule has 7 rings (SSSR count). The Labute approximate surface area is 414 Å². The zero-order valence-corrected chi connectivity index (χ0v) is 38.0. The van der Waals surface area contributed by atoms with E-state index in [1.807, 2.05) is 0 Å². The number of rotatable bonds is 7. The van der Waals surface area contributed by atoms with E-state index in [9.17, 15) is 105 Å². The van der Waals surface area contributed by atoms with Gasteiger partial charge >= 0.3 is 49.4 Å². The lowest BCUT2D eigenvalue weighted by molar-refractivity contribution is -0.697. The van der Waals surface area contributed by atoms with Gasteiger partial charge in [0.15, 0.2) is 18.4 Å². The van der Waals surface area contributed by atoms with Crippen molar-refractivity contribution in [3.63, 3.8) is 0 Å². The number of pyridine rings is 1. The first-order chi connectivity index (χ1) is 34.7. The number of aromatic nitrogens is 1. The smallest absolute Gasteiger partial charge is 0.198 e. The molecule has 1 fully saturated rings. The SMILES string of the molecule is FC(F)(F)c1cc([B-](c2cc(C(F)(F)F)cc(C(F)(F)F)c2)(c2cc(C(F)(F)F)cc(C(F)(F)F)c2)c2cc(C(F)(F)F)cc(C(F)(F)F)c2)cc(C(F)(F)F)c1.c1ccc(C[n+]2ccccc2C2CCCCC2)cc1. The summed E-state index contributed by atoms with van der Waals surface area (Å²) in [5.41, 5.74) is -27.3. The average molecular weight is 1120 g/mol. The number of halogens is 24. The highest BCUT2D eigenvalue weighted by atomic mass is 19.4. The Kier molecular flexibility index (Phi) is 16.2. The summed E-state index contributed by atoms with van der Waals surface area (Å²) < 4.78 is 343. The van der Waals surface area contributed by atoms with Crippen molar-refractivity contribution in [2.24, 2.45) is 0 Å². The third-order valence-corrected chi connectivity index (χ3v) is 12.6. The highest BCUT2D eigenvalue weighted by Gasteiger charge is 2.47. The molecule has 0 radical (unpaired) electrons. The van der Waals surface area contributed by atoms with Crippen molar-refractivity contribution in [1.82, 2.24) is 0 Å². The molecule has 26 heteroatoms. The Balaban J connectivity index is 0.000000408. The first-order valence-corrected chi connectivity index (χ1v) is 22.1. The van der Waals surface area contributed by atoms with Gasteiger partial charge in [0.2, 0.25) is 0 Å². The molecule has 0 N–H and O–H groups in total. The number of alkyl halides is 24. The summed E-state index contributed by atoms with van der Waals surface area (Å²) in [6, 6.07) is 8.60. The topological polar surface area (TPSA) is 3.88 Å². The number of nitrogens with zero attached hydrogens (tertiary/aromatic N) is 1. The third-order valence-electron chi connectivity index (χ3n) is 12.6. The van der Waals surface area contributed by atoms with Crippen LogP contribution in [0.5, 0.6) is 0 Å². The molecule has 5 aromatic carbocycles. The standard InChI is InChI=1S/C32H12BF24.C18H22N/c34-25(35,36)13-1-14(26(37,38)39)6-21(5-13)33(22-7-15(27(40,41)42)2-16(8-22)28(43,44)45,23-9-17(29(46,47)48)3-18(10-23)30(49,50)51)24-11-19(31(52,53)54)4-20(12-24)32(55,56)57;1-3-9-16(10-4-1)15-19-14-8-7-13-18(19)17-11-5-2-6-12-17/h1-12H;1,3-4,7-10,13-14,17H,2,5-6,11-12,15H2/q-1;+1. The highest BCUT2D eigenvalue weighted by molar-refractivity contribution is 7.20. The van der Waals surface area contributed by atoms with Crippen LogP contribution in [0.2, 0.25) is 0 Å². The second-order valence-electron chi connectivity index (χ2n) is 17.8. The number of hydrogen-bond donors (Lipinski definition) is 0. The molecule has 0 saturated heterocycles. The number of benzene rings is 5. The average Bonchev–Trinajstić information content (AvgIpc) is 3.30. The van der Waals surface area contributed by atoms with Gasteiger partial charge in [0.05, 0.1) is 44.5 Å². The molecule has 0 spiro atoms. The van der Waals surface area contributed by atoms with E-state index in [0.717, 1.165) is 12.5 Å². The molecule has 1 aliphatic carbocycles. The van der Waals surface area contributed by atoms with Gasteiger partial charge in [-0.05, 0) is 37.1 Å². The zero-order valence-electron chi connectivity index (χ0n) is 38.0. The molecule has 1 aromatic heterocycles. The molecule has 1 aliphatic rings. The van der Waals surface area contributed by atoms with Crippen molar-refractivity contribution < 1.29 is 110 Å². The molecule has 0 amide bonds. The molecule has 1 heterocycles. The monoisotopic (exact) mass is 1120 g/mol. The summed E-state index contributed by atoms with van der Waals surface area (Å²) >= 11 is 0. The van der Waals surface area contributed by atoms with Crippen LogP contribution in [-0.2, 0) is 56.0 Å². The molecule has 410 valence electrons. The zero-order chi connectivity index (χ0) is 56.8. The van der Waals surface area contributed by atoms with Crippen LogP contribution in [0.1, 0.15) is 93.8 Å². The van der Waals surface area contributed by atoms with E-state index in [0.29, 0.717) is 0 Å². The van der Waals surface area contributed by atoms with Crippen LogP contribution in [0.4, 0.5) is 105 Å². The third kappa shape index (κ3) is 13.6. The molecule has 76 heavy (non-hydrogen) atoms. The van der Waals surface area contributed by atoms with Crippen LogP contribution in [0.15, 0.2) is 128 Å². The van der Waals surface area contributed by atoms with Crippen LogP contribution >= 0.6 is 0 Å². The summed E-state index contributed by atoms with van der Waals surface area (Å²) in [6.07, 6.45) is -45.6. The van der Waals surface area contributed by atoms with E-state index in [-0.39, 0.29) is 0 Å². The van der Waals surface area contributed by atoms with E-state index in [1.165, 1.54) is 43.4 Å². The molecular weight excluding hydrogens is 1080 g/mol. The highest BCUT2D eigenvalue weighted by Crippen LogP contribution is 2.42. The van der Waals surface area contributed by atoms with Gasteiger partial charge in [-0.3, -0.25) is 0 Å². The van der Waals surface area contributed by atoms with Gasteiger partial charge in [0.1, 0.15) is 6.15 Å². The molecule has 0 atom stereocenters. The predicted molar refractivity (Wildman–Crippen MR) is 228 cm³/mol. The second-order valence-corrected chi connectivity index (χ2v) is 17.8. The summed E-state index contributed by atoms with van der Waals surface area (Å²) in [4.78, 5) is 0. The minimum atomic E-state index is -6.13. The van der Waals surface area contributed by atoms with Gasteiger partial charge in [0, 0.05) is 23.6 Å². The molecule has 0 bridgehead atoms. The van der Waals surface area contributed by atoms with E-state index in [4.69, 9.17) is 0 Å². The quantitative estimate of drug-likeness (QED) is 0.0852. The van der Waals surface area contributed by atoms with Gasteiger partial charge in [-0.2, -0.15) is 132 Å². The lowest BCUT2D eigenvalue weighted by Crippen LogP contribution is -2.75. The largest absolute Gasteiger partial charge is 0.416 e. The van der Waals surface area contributed by atoms with Crippen molar-refractivity contribution in [1.29, 1.82) is 0 Å². The first kappa shape index (κ1) is 58.9. The van der Waals surface area contributed by atoms with Gasteiger partial charge < -0.3 is 0 Å². The van der Waals surface area contributed by atoms with E-state index < -0.39 is 195 Å². The van der Waals surface area contributed by atoms with Gasteiger partial charge in [-0.1, -0.05) is 104 Å². The van der Waals surface area contributed by atoms with Crippen LogP contribution in [0.25, 0.3) is 0 Å². The van der Waals surface area contributed by atoms with Crippen LogP contribution in [0.3, 0.4) is 0 Å². The minimum absolute atomic E-state index is 0.691. The van der Waals surface area contributed by atoms with Crippen LogP contribution < -0.4 is 26.4 Å². The van der Waals surface area contributed by atoms with Crippen molar-refractivity contribution in [2.45, 2.75) is 94.0 Å². The van der Waals surface area contributed by atoms with Gasteiger partial charge in [-0.25, -0.2) is 0 Å². The Morgan fingerprint density at radius 1 is 0.329 bits per heavy atom. The minimum Gasteiger partial charge on any atom is -0.198 e. The van der Waals surface area contributed by atoms with Crippen molar-refractivity contribution in [2.75, 3.05) is 0 Å². The Hall–Kier alpha value is -6.37. The molecule has 6 aromatic rings. The molecule has 1 nitrogen and oxygen atoms in total. The fourth-order valence-corrected chi connectivity index (χ4v) is 9.25. The fourth-order valence-electron chi connectivity index (χ4n) is 9.25. The fraction of sp³-hybridized carbons (Fsp3) is 0.300. The van der Waals surface area contributed by atoms with E-state index >= 15 is 0 Å². The lowest BCUT2D eigenvalue weighted by atomic mass is 9.12. The van der Waals surface area contributed by atoms with Crippen molar-refractivity contribution in [3.8, 4) is 0 Å². The predicted octanol–water partition coefficient (Wildman–Crippen LogP) is 15.3. The van der Waals surface area contributed by atoms with Crippen LogP contribution in [-0.4, -0.2) is 6.15 Å². The summed E-state index contributed by atoms with van der Waals surface area (Å²) in [7, 11) is 0. The molecule has 1 saturated carbocycles. The van der Waals surface area contributed by atoms with E-state index in [1.54, 1.807) is 0 Å². The first-order valence-electron chi connectivity index (χ1n) is 22.1. The number of hydrogen-bond acceptors (Lipinski definition) is 0. The van der Waals surface area contributed by atoms with Gasteiger partial charge in [-0.15, -0.1) is 0 Å². The lowest BCUT2D eigenvalue weighted by Gasteiger charge is -2.46. The Morgan fingerprint density at radius 2 is 0.592 bits per heavy atom. The Morgan fingerprint density at radius 3 is 0.855 bits per heavy atom. The maximum atomic E-state index is 14.2. The summed E-state index contributed by atoms with van der Waals surface area (Å²) in [5.74, 6) is 0.763. The molecular formula is C50H34BF24N. The molecule has 0 aliphatic heterocycles. The normalized spacial score (nSPS) is 14.8. The summed E-state index contributed by atoms with van der Waals surface area (Å²) in [6.45, 7) is 0.994. The van der Waals surface area contributed by atoms with Crippen molar-refractivity contribution >= 4 is 28.0 Å². The van der Waals surface area contributed by atoms with Crippen LogP contribution in [0, 0.1) is 0 Å². The maximum absolute atomic E-state index is 14.2. The van der Waals surface area contributed by atoms with Crippen molar-refractivity contribution in [3.05, 3.63) is 183 Å². The van der Waals surface area contributed by atoms with Gasteiger partial charge in [0.25, 0.3) is 0 Å². The van der Waals surface area contributed by atoms with E-state index in [2.05, 4.69) is 59.3 Å². The maximum Gasteiger partial charge on any atom is 0.416 e.